The van der Waals surface area contributed by atoms with Gasteiger partial charge in [0.1, 0.15) is 18.3 Å². The SMILES string of the molecule is CN1C(C)(C)CC(Oc2nc(N(CCN(c3nc(OC4CC(C)(C)N(C)C(C)(C)C4)nc(N(C4CC(C)(C)NC(C)(C)C4)C4CC(C)(C)NC(C)(C)C4)n3)C3CC(C)(C)NC(C)(C)C3)CCN(c3nc(OC4CC(C)(C)N(C)C(C)(C)C4)nc(N(C4CC(C)(C)NC(C)(C)C4)C4CC(C)(C)NC(C)(C)C4)n3)C3CC(C)(C)NC(C)(C)C3)nc(N(C3CC(C)(C)NC(C)(C)C3)C3CC(C)(C)NC(C)(C)C3)n2)CC1(C)C. The van der Waals surface area contributed by atoms with E-state index >= 15 is 0 Å². The van der Waals surface area contributed by atoms with Gasteiger partial charge in [0.05, 0.1) is 0 Å². The monoisotopic (exact) mass is 2010 g/mol. The van der Waals surface area contributed by atoms with E-state index in [1.54, 1.807) is 0 Å². The van der Waals surface area contributed by atoms with Crippen LogP contribution < -0.4 is 86.1 Å². The minimum atomic E-state index is -0.320. The summed E-state index contributed by atoms with van der Waals surface area (Å²) in [6.07, 6.45) is 17.8. The molecule has 0 aliphatic carbocycles. The third-order valence-corrected chi connectivity index (χ3v) is 35.7. The van der Waals surface area contributed by atoms with Gasteiger partial charge in [-0.05, 0) is 429 Å². The van der Waals surface area contributed by atoms with E-state index < -0.39 is 0 Å². The maximum Gasteiger partial charge on any atom is 0.323 e. The zero-order chi connectivity index (χ0) is 107. The van der Waals surface area contributed by atoms with Crippen LogP contribution in [0.1, 0.15) is 446 Å². The molecule has 0 saturated carbocycles. The van der Waals surface area contributed by atoms with Crippen molar-refractivity contribution >= 4 is 35.7 Å². The summed E-state index contributed by atoms with van der Waals surface area (Å²) in [6, 6.07) is 1.12. The molecule has 8 N–H and O–H groups in total. The van der Waals surface area contributed by atoms with Gasteiger partial charge in [0.15, 0.2) is 0 Å². The second-order valence-electron chi connectivity index (χ2n) is 62.9. The fraction of sp³-hybridized carbons (Fsp3) is 0.922. The summed E-state index contributed by atoms with van der Waals surface area (Å²) >= 11 is 0. The highest BCUT2D eigenvalue weighted by Crippen LogP contribution is 2.51. The van der Waals surface area contributed by atoms with Crippen molar-refractivity contribution in [1.82, 2.24) is 102 Å². The van der Waals surface area contributed by atoms with Crippen LogP contribution in [0, 0.1) is 0 Å². The molecule has 11 saturated heterocycles. The van der Waals surface area contributed by atoms with Crippen LogP contribution in [0.25, 0.3) is 0 Å². The molecule has 0 amide bonds. The lowest BCUT2D eigenvalue weighted by atomic mass is 9.75. The van der Waals surface area contributed by atoms with Crippen LogP contribution in [0.15, 0.2) is 0 Å². The molecule has 144 heavy (non-hydrogen) atoms. The Morgan fingerprint density at radius 3 is 0.514 bits per heavy atom. The van der Waals surface area contributed by atoms with Crippen molar-refractivity contribution in [3.05, 3.63) is 0 Å². The first-order valence-electron chi connectivity index (χ1n) is 56.5. The molecule has 0 unspecified atom stereocenters. The van der Waals surface area contributed by atoms with Gasteiger partial charge < -0.3 is 86.1 Å². The van der Waals surface area contributed by atoms with Gasteiger partial charge in [-0.25, -0.2) is 0 Å². The molecule has 0 bridgehead atoms. The van der Waals surface area contributed by atoms with Gasteiger partial charge >= 0.3 is 18.0 Å². The predicted octanol–water partition coefficient (Wildman–Crippen LogP) is 19.0. The topological polar surface area (TPSA) is 269 Å². The Balaban J connectivity index is 1.05. The fourth-order valence-electron chi connectivity index (χ4n) is 32.7. The molecule has 11 aliphatic heterocycles. The number of hydrogen-bond acceptors (Lipinski definition) is 29. The Labute approximate surface area is 876 Å². The molecule has 0 spiro atoms. The zero-order valence-electron chi connectivity index (χ0n) is 101. The second kappa shape index (κ2) is 38.2. The predicted molar refractivity (Wildman–Crippen MR) is 597 cm³/mol. The van der Waals surface area contributed by atoms with Crippen molar-refractivity contribution < 1.29 is 14.2 Å². The molecule has 29 heteroatoms. The summed E-state index contributed by atoms with van der Waals surface area (Å²) in [5.74, 6) is 3.79. The Morgan fingerprint density at radius 1 is 0.194 bits per heavy atom. The highest BCUT2D eigenvalue weighted by atomic mass is 16.5. The summed E-state index contributed by atoms with van der Waals surface area (Å²) in [6.45, 7) is 107. The van der Waals surface area contributed by atoms with Gasteiger partial charge in [-0.15, -0.1) is 0 Å². The minimum absolute atomic E-state index is 0.0161. The number of piperidine rings is 11. The fourth-order valence-corrected chi connectivity index (χ4v) is 32.7. The van der Waals surface area contributed by atoms with E-state index in [1.807, 2.05) is 0 Å². The van der Waals surface area contributed by atoms with Crippen molar-refractivity contribution in [2.75, 3.05) is 76.7 Å². The van der Waals surface area contributed by atoms with Crippen LogP contribution in [-0.4, -0.2) is 295 Å². The van der Waals surface area contributed by atoms with Crippen LogP contribution in [0.2, 0.25) is 0 Å². The lowest BCUT2D eigenvalue weighted by Gasteiger charge is -2.55. The molecule has 0 radical (unpaired) electrons. The van der Waals surface area contributed by atoms with Gasteiger partial charge in [-0.3, -0.25) is 14.7 Å². The quantitative estimate of drug-likeness (QED) is 0.0371. The third-order valence-electron chi connectivity index (χ3n) is 35.7. The Morgan fingerprint density at radius 2 is 0.340 bits per heavy atom. The molecule has 29 nitrogen and oxygen atoms in total. The van der Waals surface area contributed by atoms with Crippen molar-refractivity contribution in [3.63, 3.8) is 0 Å². The zero-order valence-corrected chi connectivity index (χ0v) is 101. The average molecular weight is 2010 g/mol. The van der Waals surface area contributed by atoms with E-state index in [0.717, 1.165) is 141 Å². The Hall–Kier alpha value is -5.21. The van der Waals surface area contributed by atoms with Crippen LogP contribution in [0.3, 0.4) is 0 Å². The highest BCUT2D eigenvalue weighted by molar-refractivity contribution is 5.50. The number of nitrogens with one attached hydrogen (secondary N) is 8. The van der Waals surface area contributed by atoms with Crippen molar-refractivity contribution in [2.45, 2.75) is 634 Å². The Bertz CT molecular complexity index is 4460. The smallest absolute Gasteiger partial charge is 0.323 e. The summed E-state index contributed by atoms with van der Waals surface area (Å²) in [4.78, 5) is 78.1. The number of anilines is 6. The summed E-state index contributed by atoms with van der Waals surface area (Å²) in [5.41, 5.74) is -5.19. The average Bonchev–Trinajstić information content (AvgIpc) is 0.743. The summed E-state index contributed by atoms with van der Waals surface area (Å²) < 4.78 is 23.4. The number of likely N-dealkylation sites (tertiary alicyclic amines) is 3. The number of hydrogen-bond donors (Lipinski definition) is 8. The maximum absolute atomic E-state index is 7.84. The van der Waals surface area contributed by atoms with E-state index in [2.05, 4.69) is 412 Å². The second-order valence-corrected chi connectivity index (χ2v) is 62.9. The van der Waals surface area contributed by atoms with Gasteiger partial charge in [-0.1, -0.05) is 0 Å². The molecular formula is C115H212N26O3. The van der Waals surface area contributed by atoms with E-state index in [1.165, 1.54) is 0 Å². The maximum atomic E-state index is 7.84. The van der Waals surface area contributed by atoms with E-state index in [-0.39, 0.29) is 189 Å². The molecule has 11 fully saturated rings. The van der Waals surface area contributed by atoms with Gasteiger partial charge in [-0.2, -0.15) is 44.9 Å². The molecule has 3 aromatic rings. The van der Waals surface area contributed by atoms with Crippen LogP contribution in [0.5, 0.6) is 18.0 Å². The first-order chi connectivity index (χ1) is 65.0. The summed E-state index contributed by atoms with van der Waals surface area (Å²) in [7, 11) is 6.85. The normalized spacial score (nSPS) is 28.8. The minimum Gasteiger partial charge on any atom is -0.460 e. The van der Waals surface area contributed by atoms with Crippen molar-refractivity contribution in [3.8, 4) is 18.0 Å². The van der Waals surface area contributed by atoms with Crippen molar-refractivity contribution in [1.29, 1.82) is 0 Å². The standard InChI is InChI=1S/C115H212N26O3/c1-94(2)52-74(53-95(3,4)125-94)137(86-117-89(123-92(120-86)143-83-70-112(37,38)134(46)113(39,40)71-83)140(78-60-102(17,18)129-103(19,20)61-78)79-62-104(21,22)130-105(23,24)63-79)50-48-136(85-116-88(122-91(119-85)142-82-68-110(33,34)133(45)111(35,36)69-82)139(76-56-98(9,10)127-99(11,12)57-76)77-58-100(13,14)128-101(15,16)59-77)49-51-138(75-54-96(5,6)126-97(7,8)55-75)87-118-90(124-93(121-87)144-84-72-114(41,42)135(47)115(43,44)73-84)141(80-64-106(25,26)131-107(27,28)65-80)81-66-108(29,30)132-109(31,32)67-81/h74-84,125-132H,48-73H2,1-47H3. The molecule has 0 atom stereocenters. The molecule has 14 heterocycles. The largest absolute Gasteiger partial charge is 0.460 e. The first-order valence-corrected chi connectivity index (χ1v) is 56.5. The number of nitrogens with zero attached hydrogens (tertiary/aromatic N) is 18. The number of aromatic nitrogens is 9. The first kappa shape index (κ1) is 114. The van der Waals surface area contributed by atoms with E-state index in [0.29, 0.717) is 79.9 Å². The van der Waals surface area contributed by atoms with Gasteiger partial charge in [0.25, 0.3) is 0 Å². The molecule has 11 aliphatic rings. The lowest BCUT2D eigenvalue weighted by Crippen LogP contribution is -2.67. The molecular weight excluding hydrogens is 1790 g/mol. The van der Waals surface area contributed by atoms with Gasteiger partial charge in [0, 0.05) is 235 Å². The molecule has 3 aromatic heterocycles. The highest BCUT2D eigenvalue weighted by Gasteiger charge is 2.57. The van der Waals surface area contributed by atoms with Crippen LogP contribution >= 0.6 is 0 Å². The van der Waals surface area contributed by atoms with Crippen LogP contribution in [-0.2, 0) is 0 Å². The van der Waals surface area contributed by atoms with Crippen molar-refractivity contribution in [2.24, 2.45) is 0 Å². The molecule has 0 aromatic carbocycles. The number of ether oxygens (including phenoxy) is 3. The van der Waals surface area contributed by atoms with Crippen LogP contribution in [0.4, 0.5) is 35.7 Å². The third kappa shape index (κ3) is 27.5. The van der Waals surface area contributed by atoms with Gasteiger partial charge in [0.2, 0.25) is 35.7 Å². The molecule has 820 valence electrons. The number of rotatable bonds is 26. The van der Waals surface area contributed by atoms with E-state index in [9.17, 15) is 0 Å². The van der Waals surface area contributed by atoms with E-state index in [4.69, 9.17) is 59.1 Å². The summed E-state index contributed by atoms with van der Waals surface area (Å²) in [5, 5.41) is 33.1. The Kier molecular flexibility index (Phi) is 30.3. The molecule has 14 rings (SSSR count). The lowest BCUT2D eigenvalue weighted by molar-refractivity contribution is -0.0583.